The summed E-state index contributed by atoms with van der Waals surface area (Å²) >= 11 is 3.43. The zero-order valence-electron chi connectivity index (χ0n) is 12.4. The van der Waals surface area contributed by atoms with Crippen LogP contribution in [0.4, 0.5) is 0 Å². The highest BCUT2D eigenvalue weighted by Crippen LogP contribution is 2.30. The van der Waals surface area contributed by atoms with E-state index >= 15 is 0 Å². The molecule has 3 nitrogen and oxygen atoms in total. The molecule has 0 saturated heterocycles. The Morgan fingerprint density at radius 2 is 1.90 bits per heavy atom. The lowest BCUT2D eigenvalue weighted by Crippen LogP contribution is -2.03. The van der Waals surface area contributed by atoms with Crippen molar-refractivity contribution in [2.75, 3.05) is 7.11 Å². The number of hydrogen-bond acceptors (Lipinski definition) is 3. The number of hydrogen-bond donors (Lipinski definition) is 1. The molecule has 1 unspecified atom stereocenters. The van der Waals surface area contributed by atoms with Crippen molar-refractivity contribution in [1.82, 2.24) is 0 Å². The molecule has 0 saturated carbocycles. The van der Waals surface area contributed by atoms with Gasteiger partial charge in [0.25, 0.3) is 0 Å². The number of ether oxygens (including phenoxy) is 2. The zero-order chi connectivity index (χ0) is 15.4. The Balaban J connectivity index is 2.24. The van der Waals surface area contributed by atoms with E-state index in [1.54, 1.807) is 14.0 Å². The third-order valence-electron chi connectivity index (χ3n) is 3.24. The first-order chi connectivity index (χ1) is 10.0. The van der Waals surface area contributed by atoms with Crippen molar-refractivity contribution in [3.8, 4) is 11.5 Å². The SMILES string of the molecule is COc1ccc(C)cc1COc1cc(Br)ccc1C(C)O. The molecular formula is C17H19BrO3. The molecule has 0 aromatic heterocycles. The third-order valence-corrected chi connectivity index (χ3v) is 3.74. The van der Waals surface area contributed by atoms with Crippen molar-refractivity contribution in [2.24, 2.45) is 0 Å². The van der Waals surface area contributed by atoms with Gasteiger partial charge in [-0.2, -0.15) is 0 Å². The second kappa shape index (κ2) is 6.96. The lowest BCUT2D eigenvalue weighted by molar-refractivity contribution is 0.190. The van der Waals surface area contributed by atoms with E-state index in [9.17, 15) is 5.11 Å². The van der Waals surface area contributed by atoms with Crippen LogP contribution in [0.1, 0.15) is 29.7 Å². The van der Waals surface area contributed by atoms with Gasteiger partial charge in [0.1, 0.15) is 18.1 Å². The second-order valence-corrected chi connectivity index (χ2v) is 5.88. The van der Waals surface area contributed by atoms with Crippen LogP contribution in [0.15, 0.2) is 40.9 Å². The van der Waals surface area contributed by atoms with E-state index in [1.165, 1.54) is 0 Å². The molecule has 4 heteroatoms. The van der Waals surface area contributed by atoms with Crippen LogP contribution in [0, 0.1) is 6.92 Å². The smallest absolute Gasteiger partial charge is 0.126 e. The minimum absolute atomic E-state index is 0.390. The molecule has 2 aromatic carbocycles. The molecule has 0 radical (unpaired) electrons. The van der Waals surface area contributed by atoms with Crippen LogP contribution < -0.4 is 9.47 Å². The Morgan fingerprint density at radius 3 is 2.57 bits per heavy atom. The van der Waals surface area contributed by atoms with E-state index in [0.29, 0.717) is 12.4 Å². The summed E-state index contributed by atoms with van der Waals surface area (Å²) in [7, 11) is 1.65. The second-order valence-electron chi connectivity index (χ2n) is 4.96. The van der Waals surface area contributed by atoms with Gasteiger partial charge in [-0.3, -0.25) is 0 Å². The molecule has 0 fully saturated rings. The molecule has 0 aliphatic carbocycles. The molecule has 1 atom stereocenters. The molecule has 0 spiro atoms. The van der Waals surface area contributed by atoms with Gasteiger partial charge in [-0.1, -0.05) is 33.6 Å². The van der Waals surface area contributed by atoms with Crippen molar-refractivity contribution in [1.29, 1.82) is 0 Å². The van der Waals surface area contributed by atoms with Gasteiger partial charge < -0.3 is 14.6 Å². The van der Waals surface area contributed by atoms with Gasteiger partial charge in [0.05, 0.1) is 13.2 Å². The van der Waals surface area contributed by atoms with Gasteiger partial charge >= 0.3 is 0 Å². The van der Waals surface area contributed by atoms with Gasteiger partial charge in [-0.25, -0.2) is 0 Å². The molecule has 2 rings (SSSR count). The maximum atomic E-state index is 9.82. The van der Waals surface area contributed by atoms with Crippen molar-refractivity contribution < 1.29 is 14.6 Å². The summed E-state index contributed by atoms with van der Waals surface area (Å²) in [6.07, 6.45) is -0.576. The Kier molecular flexibility index (Phi) is 5.26. The summed E-state index contributed by atoms with van der Waals surface area (Å²) in [5.41, 5.74) is 2.90. The topological polar surface area (TPSA) is 38.7 Å². The summed E-state index contributed by atoms with van der Waals surface area (Å²) < 4.78 is 12.2. The van der Waals surface area contributed by atoms with Gasteiger partial charge in [-0.05, 0) is 38.1 Å². The fraction of sp³-hybridized carbons (Fsp3) is 0.294. The van der Waals surface area contributed by atoms with Crippen LogP contribution in [0.3, 0.4) is 0 Å². The average Bonchev–Trinajstić information content (AvgIpc) is 2.45. The van der Waals surface area contributed by atoms with Gasteiger partial charge in [0.15, 0.2) is 0 Å². The quantitative estimate of drug-likeness (QED) is 0.868. The fourth-order valence-electron chi connectivity index (χ4n) is 2.15. The molecular weight excluding hydrogens is 332 g/mol. The fourth-order valence-corrected chi connectivity index (χ4v) is 2.49. The van der Waals surface area contributed by atoms with Crippen molar-refractivity contribution in [3.63, 3.8) is 0 Å². The molecule has 0 amide bonds. The Bertz CT molecular complexity index is 623. The Labute approximate surface area is 133 Å². The molecule has 0 aliphatic rings. The van der Waals surface area contributed by atoms with Crippen LogP contribution in [-0.2, 0) is 6.61 Å². The molecule has 0 bridgehead atoms. The average molecular weight is 351 g/mol. The van der Waals surface area contributed by atoms with Crippen molar-refractivity contribution in [3.05, 3.63) is 57.6 Å². The Morgan fingerprint density at radius 1 is 1.14 bits per heavy atom. The maximum Gasteiger partial charge on any atom is 0.126 e. The van der Waals surface area contributed by atoms with E-state index in [-0.39, 0.29) is 0 Å². The number of halogens is 1. The summed E-state index contributed by atoms with van der Waals surface area (Å²) in [6.45, 7) is 4.15. The first-order valence-electron chi connectivity index (χ1n) is 6.75. The third kappa shape index (κ3) is 3.99. The predicted octanol–water partition coefficient (Wildman–Crippen LogP) is 4.40. The first-order valence-corrected chi connectivity index (χ1v) is 7.54. The van der Waals surface area contributed by atoms with E-state index in [4.69, 9.17) is 9.47 Å². The van der Waals surface area contributed by atoms with E-state index in [0.717, 1.165) is 26.9 Å². The molecule has 21 heavy (non-hydrogen) atoms. The highest BCUT2D eigenvalue weighted by molar-refractivity contribution is 9.10. The van der Waals surface area contributed by atoms with E-state index in [1.807, 2.05) is 43.3 Å². The normalized spacial score (nSPS) is 12.0. The minimum Gasteiger partial charge on any atom is -0.496 e. The highest BCUT2D eigenvalue weighted by atomic mass is 79.9. The molecule has 0 heterocycles. The van der Waals surface area contributed by atoms with Crippen LogP contribution in [0.2, 0.25) is 0 Å². The van der Waals surface area contributed by atoms with Gasteiger partial charge in [0.2, 0.25) is 0 Å². The maximum absolute atomic E-state index is 9.82. The molecule has 1 N–H and O–H groups in total. The number of rotatable bonds is 5. The number of aliphatic hydroxyl groups excluding tert-OH is 1. The summed E-state index contributed by atoms with van der Waals surface area (Å²) in [4.78, 5) is 0. The highest BCUT2D eigenvalue weighted by Gasteiger charge is 2.11. The molecule has 0 aliphatic heterocycles. The minimum atomic E-state index is -0.576. The van der Waals surface area contributed by atoms with Gasteiger partial charge in [-0.15, -0.1) is 0 Å². The van der Waals surface area contributed by atoms with E-state index in [2.05, 4.69) is 15.9 Å². The number of benzene rings is 2. The van der Waals surface area contributed by atoms with Crippen molar-refractivity contribution >= 4 is 15.9 Å². The Hall–Kier alpha value is -1.52. The summed E-state index contributed by atoms with van der Waals surface area (Å²) in [5, 5.41) is 9.82. The van der Waals surface area contributed by atoms with Crippen LogP contribution in [0.5, 0.6) is 11.5 Å². The molecule has 112 valence electrons. The molecule has 2 aromatic rings. The number of aryl methyl sites for hydroxylation is 1. The number of aliphatic hydroxyl groups is 1. The largest absolute Gasteiger partial charge is 0.496 e. The summed E-state index contributed by atoms with van der Waals surface area (Å²) in [6, 6.07) is 11.6. The first kappa shape index (κ1) is 15.9. The van der Waals surface area contributed by atoms with Crippen LogP contribution >= 0.6 is 15.9 Å². The standard InChI is InChI=1S/C17H19BrO3/c1-11-4-7-16(20-3)13(8-11)10-21-17-9-14(18)5-6-15(17)12(2)19/h4-9,12,19H,10H2,1-3H3. The summed E-state index contributed by atoms with van der Waals surface area (Å²) in [5.74, 6) is 1.47. The lowest BCUT2D eigenvalue weighted by Gasteiger charge is -2.15. The zero-order valence-corrected chi connectivity index (χ0v) is 14.0. The van der Waals surface area contributed by atoms with E-state index < -0.39 is 6.10 Å². The van der Waals surface area contributed by atoms with Gasteiger partial charge in [0, 0.05) is 15.6 Å². The number of methoxy groups -OCH3 is 1. The van der Waals surface area contributed by atoms with Crippen LogP contribution in [0.25, 0.3) is 0 Å². The monoisotopic (exact) mass is 350 g/mol. The predicted molar refractivity (Wildman–Crippen MR) is 86.8 cm³/mol. The van der Waals surface area contributed by atoms with Crippen molar-refractivity contribution in [2.45, 2.75) is 26.6 Å². The lowest BCUT2D eigenvalue weighted by atomic mass is 10.1. The van der Waals surface area contributed by atoms with Crippen LogP contribution in [-0.4, -0.2) is 12.2 Å².